The second-order valence-corrected chi connectivity index (χ2v) is 2.58. The smallest absolute Gasteiger partial charge is 0.378 e. The molecule has 1 aliphatic rings. The van der Waals surface area contributed by atoms with Crippen molar-refractivity contribution in [1.29, 1.82) is 0 Å². The van der Waals surface area contributed by atoms with Crippen LogP contribution in [0.5, 0.6) is 0 Å². The van der Waals surface area contributed by atoms with Gasteiger partial charge in [-0.15, -0.1) is 0 Å². The Bertz CT molecular complexity index is 143. The number of alkyl halides is 4. The van der Waals surface area contributed by atoms with Gasteiger partial charge in [0.2, 0.25) is 6.17 Å². The molecule has 72 valence electrons. The molecule has 12 heavy (non-hydrogen) atoms. The maximum absolute atomic E-state index is 12.5. The molecule has 0 aromatic heterocycles. The van der Waals surface area contributed by atoms with Crippen molar-refractivity contribution in [3.05, 3.63) is 0 Å². The zero-order valence-corrected chi connectivity index (χ0v) is 6.20. The molecular weight excluding hydrogens is 178 g/mol. The molecule has 1 saturated heterocycles. The molecule has 6 heteroatoms. The van der Waals surface area contributed by atoms with Crippen molar-refractivity contribution in [1.82, 2.24) is 5.32 Å². The van der Waals surface area contributed by atoms with Crippen molar-refractivity contribution in [3.8, 4) is 0 Å². The van der Waals surface area contributed by atoms with Crippen LogP contribution in [0.4, 0.5) is 17.6 Å². The molecule has 2 unspecified atom stereocenters. The van der Waals surface area contributed by atoms with Gasteiger partial charge in [0.1, 0.15) is 0 Å². The van der Waals surface area contributed by atoms with E-state index in [1.165, 1.54) is 0 Å². The van der Waals surface area contributed by atoms with E-state index in [0.29, 0.717) is 6.61 Å². The normalized spacial score (nSPS) is 28.5. The van der Waals surface area contributed by atoms with E-state index in [2.05, 4.69) is 5.32 Å². The third kappa shape index (κ3) is 2.31. The fourth-order valence-corrected chi connectivity index (χ4v) is 1.00. The van der Waals surface area contributed by atoms with Crippen molar-refractivity contribution in [2.75, 3.05) is 19.8 Å². The van der Waals surface area contributed by atoms with Crippen molar-refractivity contribution in [3.63, 3.8) is 0 Å². The quantitative estimate of drug-likeness (QED) is 0.615. The minimum absolute atomic E-state index is 0.222. The van der Waals surface area contributed by atoms with Crippen LogP contribution in [0, 0.1) is 0 Å². The summed E-state index contributed by atoms with van der Waals surface area (Å²) in [6.45, 7) is 0.378. The van der Waals surface area contributed by atoms with Gasteiger partial charge in [-0.25, -0.2) is 4.39 Å². The van der Waals surface area contributed by atoms with Gasteiger partial charge in [-0.2, -0.15) is 13.2 Å². The molecule has 0 aliphatic carbocycles. The molecule has 2 atom stereocenters. The van der Waals surface area contributed by atoms with Crippen LogP contribution >= 0.6 is 0 Å². The van der Waals surface area contributed by atoms with Crippen LogP contribution in [0.25, 0.3) is 0 Å². The largest absolute Gasteiger partial charge is 0.421 e. The Balaban J connectivity index is 2.45. The monoisotopic (exact) mass is 187 g/mol. The molecule has 1 fully saturated rings. The van der Waals surface area contributed by atoms with Crippen molar-refractivity contribution < 1.29 is 22.3 Å². The lowest BCUT2D eigenvalue weighted by molar-refractivity contribution is -0.194. The molecule has 0 bridgehead atoms. The first-order valence-corrected chi connectivity index (χ1v) is 3.54. The van der Waals surface area contributed by atoms with Gasteiger partial charge in [-0.05, 0) is 0 Å². The minimum Gasteiger partial charge on any atom is -0.378 e. The third-order valence-corrected chi connectivity index (χ3v) is 1.62. The van der Waals surface area contributed by atoms with E-state index in [4.69, 9.17) is 4.74 Å². The molecule has 0 aromatic rings. The average molecular weight is 187 g/mol. The predicted octanol–water partition coefficient (Wildman–Crippen LogP) is 0.875. The van der Waals surface area contributed by atoms with E-state index in [1.54, 1.807) is 0 Å². The summed E-state index contributed by atoms with van der Waals surface area (Å²) in [7, 11) is 0. The molecule has 1 aliphatic heterocycles. The van der Waals surface area contributed by atoms with E-state index >= 15 is 0 Å². The summed E-state index contributed by atoms with van der Waals surface area (Å²) in [6.07, 6.45) is -7.63. The van der Waals surface area contributed by atoms with Gasteiger partial charge in [0, 0.05) is 6.54 Å². The topological polar surface area (TPSA) is 21.3 Å². The second kappa shape index (κ2) is 3.57. The number of ether oxygens (including phenoxy) is 1. The highest BCUT2D eigenvalue weighted by atomic mass is 19.4. The summed E-state index contributed by atoms with van der Waals surface area (Å²) in [5.74, 6) is 0. The average Bonchev–Trinajstić information content (AvgIpc) is 2.03. The summed E-state index contributed by atoms with van der Waals surface area (Å²) < 4.78 is 52.5. The third-order valence-electron chi connectivity index (χ3n) is 1.62. The van der Waals surface area contributed by atoms with Gasteiger partial charge >= 0.3 is 6.18 Å². The summed E-state index contributed by atoms with van der Waals surface area (Å²) in [6, 6.07) is -1.25. The van der Waals surface area contributed by atoms with E-state index in [1.807, 2.05) is 0 Å². The summed E-state index contributed by atoms with van der Waals surface area (Å²) >= 11 is 0. The standard InChI is InChI=1S/C6H9F4NO/c7-5(6(8,9)10)4-3-12-2-1-11-4/h4-5,11H,1-3H2. The van der Waals surface area contributed by atoms with Crippen LogP contribution in [-0.4, -0.2) is 38.1 Å². The molecule has 0 amide bonds. The molecule has 0 saturated carbocycles. The Morgan fingerprint density at radius 3 is 2.50 bits per heavy atom. The molecular formula is C6H9F4NO. The second-order valence-electron chi connectivity index (χ2n) is 2.58. The number of hydrogen-bond donors (Lipinski definition) is 1. The lowest BCUT2D eigenvalue weighted by Gasteiger charge is -2.27. The van der Waals surface area contributed by atoms with Crippen molar-refractivity contribution in [2.24, 2.45) is 0 Å². The highest BCUT2D eigenvalue weighted by molar-refractivity contribution is 4.83. The van der Waals surface area contributed by atoms with Crippen LogP contribution in [0.15, 0.2) is 0 Å². The van der Waals surface area contributed by atoms with Gasteiger partial charge in [-0.1, -0.05) is 0 Å². The van der Waals surface area contributed by atoms with Crippen LogP contribution in [-0.2, 0) is 4.74 Å². The van der Waals surface area contributed by atoms with Crippen LogP contribution in [0.1, 0.15) is 0 Å². The van der Waals surface area contributed by atoms with Crippen molar-refractivity contribution in [2.45, 2.75) is 18.4 Å². The van der Waals surface area contributed by atoms with E-state index in [0.717, 1.165) is 0 Å². The Labute approximate surface area is 66.9 Å². The lowest BCUT2D eigenvalue weighted by atomic mass is 10.1. The Kier molecular flexibility index (Phi) is 2.89. The molecule has 1 rings (SSSR count). The van der Waals surface area contributed by atoms with Crippen molar-refractivity contribution >= 4 is 0 Å². The fourth-order valence-electron chi connectivity index (χ4n) is 1.00. The Morgan fingerprint density at radius 1 is 1.42 bits per heavy atom. The molecule has 0 spiro atoms. The fraction of sp³-hybridized carbons (Fsp3) is 1.00. The van der Waals surface area contributed by atoms with Gasteiger partial charge < -0.3 is 10.1 Å². The van der Waals surface area contributed by atoms with Crippen LogP contribution in [0.2, 0.25) is 0 Å². The van der Waals surface area contributed by atoms with Gasteiger partial charge in [0.15, 0.2) is 0 Å². The van der Waals surface area contributed by atoms with E-state index in [-0.39, 0.29) is 13.2 Å². The van der Waals surface area contributed by atoms with Gasteiger partial charge in [-0.3, -0.25) is 0 Å². The van der Waals surface area contributed by atoms with Crippen LogP contribution < -0.4 is 5.32 Å². The molecule has 0 aromatic carbocycles. The zero-order chi connectivity index (χ0) is 9.19. The molecule has 1 heterocycles. The zero-order valence-electron chi connectivity index (χ0n) is 6.20. The molecule has 1 N–H and O–H groups in total. The highest BCUT2D eigenvalue weighted by Gasteiger charge is 2.45. The number of nitrogens with one attached hydrogen (secondary N) is 1. The van der Waals surface area contributed by atoms with Gasteiger partial charge in [0.25, 0.3) is 0 Å². The highest BCUT2D eigenvalue weighted by Crippen LogP contribution is 2.26. The van der Waals surface area contributed by atoms with Crippen LogP contribution in [0.3, 0.4) is 0 Å². The Hall–Kier alpha value is -0.360. The number of halogens is 4. The maximum atomic E-state index is 12.5. The number of morpholine rings is 1. The lowest BCUT2D eigenvalue weighted by Crippen LogP contribution is -2.52. The summed E-state index contributed by atoms with van der Waals surface area (Å²) in [5, 5.41) is 2.41. The maximum Gasteiger partial charge on any atom is 0.421 e. The molecule has 0 radical (unpaired) electrons. The van der Waals surface area contributed by atoms with Gasteiger partial charge in [0.05, 0.1) is 19.3 Å². The summed E-state index contributed by atoms with van der Waals surface area (Å²) in [5.41, 5.74) is 0. The first kappa shape index (κ1) is 9.73. The number of rotatable bonds is 1. The predicted molar refractivity (Wildman–Crippen MR) is 33.6 cm³/mol. The SMILES string of the molecule is FC(C1COCCN1)C(F)(F)F. The molecule has 2 nitrogen and oxygen atoms in total. The Morgan fingerprint density at radius 2 is 2.08 bits per heavy atom. The first-order valence-electron chi connectivity index (χ1n) is 3.54. The minimum atomic E-state index is -4.79. The summed E-state index contributed by atoms with van der Waals surface area (Å²) in [4.78, 5) is 0. The first-order chi connectivity index (χ1) is 5.52. The number of hydrogen-bond acceptors (Lipinski definition) is 2. The van der Waals surface area contributed by atoms with E-state index in [9.17, 15) is 17.6 Å². The van der Waals surface area contributed by atoms with E-state index < -0.39 is 18.4 Å².